The Morgan fingerprint density at radius 1 is 1.25 bits per heavy atom. The molecule has 0 heterocycles. The minimum atomic E-state index is -0.843. The van der Waals surface area contributed by atoms with Gasteiger partial charge in [0.05, 0.1) is 5.41 Å². The molecule has 2 N–H and O–H groups in total. The topological polar surface area (TPSA) is 69.6 Å². The largest absolute Gasteiger partial charge is 0.481 e. The number of aliphatic carboxylic acids is 1. The van der Waals surface area contributed by atoms with Crippen LogP contribution in [0.4, 0.5) is 4.79 Å². The van der Waals surface area contributed by atoms with Gasteiger partial charge in [0, 0.05) is 20.1 Å². The molecule has 1 aliphatic carbocycles. The molecule has 0 radical (unpaired) electrons. The highest BCUT2D eigenvalue weighted by Gasteiger charge is 2.35. The number of carbonyl (C=O) groups is 2. The van der Waals surface area contributed by atoms with Gasteiger partial charge in [-0.15, -0.1) is 0 Å². The summed E-state index contributed by atoms with van der Waals surface area (Å²) in [6, 6.07) is -0.163. The second kappa shape index (κ2) is 7.50. The van der Waals surface area contributed by atoms with Crippen molar-refractivity contribution in [3.8, 4) is 0 Å². The molecule has 0 aromatic carbocycles. The Bertz CT molecular complexity index is 334. The molecule has 116 valence electrons. The molecule has 0 spiro atoms. The molecular formula is C15H28N2O3. The molecular weight excluding hydrogens is 256 g/mol. The third-order valence-electron chi connectivity index (χ3n) is 4.74. The molecule has 1 saturated carbocycles. The first-order chi connectivity index (χ1) is 9.45. The van der Waals surface area contributed by atoms with Gasteiger partial charge in [0.1, 0.15) is 0 Å². The normalized spacial score (nSPS) is 16.1. The van der Waals surface area contributed by atoms with Crippen molar-refractivity contribution in [2.24, 2.45) is 11.3 Å². The molecule has 2 amide bonds. The number of carbonyl (C=O) groups excluding carboxylic acids is 1. The molecule has 0 aromatic rings. The van der Waals surface area contributed by atoms with E-state index in [0.29, 0.717) is 18.8 Å². The maximum Gasteiger partial charge on any atom is 0.317 e. The van der Waals surface area contributed by atoms with Crippen molar-refractivity contribution in [1.82, 2.24) is 10.2 Å². The summed E-state index contributed by atoms with van der Waals surface area (Å²) >= 11 is 0. The van der Waals surface area contributed by atoms with Crippen molar-refractivity contribution in [3.05, 3.63) is 0 Å². The maximum absolute atomic E-state index is 12.1. The molecule has 5 nitrogen and oxygen atoms in total. The van der Waals surface area contributed by atoms with Crippen molar-refractivity contribution in [2.75, 3.05) is 20.1 Å². The number of hydrogen-bond acceptors (Lipinski definition) is 2. The first-order valence-electron chi connectivity index (χ1n) is 7.67. The van der Waals surface area contributed by atoms with E-state index in [-0.39, 0.29) is 12.6 Å². The van der Waals surface area contributed by atoms with Gasteiger partial charge < -0.3 is 15.3 Å². The van der Waals surface area contributed by atoms with Crippen LogP contribution >= 0.6 is 0 Å². The van der Waals surface area contributed by atoms with Gasteiger partial charge in [-0.2, -0.15) is 0 Å². The van der Waals surface area contributed by atoms with Crippen LogP contribution in [0.5, 0.6) is 0 Å². The summed E-state index contributed by atoms with van der Waals surface area (Å²) in [6.45, 7) is 4.67. The summed E-state index contributed by atoms with van der Waals surface area (Å²) in [5, 5.41) is 12.1. The summed E-state index contributed by atoms with van der Waals surface area (Å²) < 4.78 is 0. The van der Waals surface area contributed by atoms with E-state index in [9.17, 15) is 14.7 Å². The standard InChI is InChI=1S/C15H28N2O3/c1-4-15(5-2,13(18)19)11-16-14(20)17(3)10-12-8-6-7-9-12/h12H,4-11H2,1-3H3,(H,16,20)(H,18,19). The summed E-state index contributed by atoms with van der Waals surface area (Å²) in [5.41, 5.74) is -0.843. The molecule has 0 saturated heterocycles. The van der Waals surface area contributed by atoms with Gasteiger partial charge in [0.15, 0.2) is 0 Å². The van der Waals surface area contributed by atoms with Crippen molar-refractivity contribution in [3.63, 3.8) is 0 Å². The van der Waals surface area contributed by atoms with Crippen LogP contribution in [0.25, 0.3) is 0 Å². The highest BCUT2D eigenvalue weighted by molar-refractivity contribution is 5.78. The van der Waals surface area contributed by atoms with Gasteiger partial charge in [-0.1, -0.05) is 26.7 Å². The molecule has 5 heteroatoms. The highest BCUT2D eigenvalue weighted by Crippen LogP contribution is 2.26. The lowest BCUT2D eigenvalue weighted by molar-refractivity contribution is -0.149. The smallest absolute Gasteiger partial charge is 0.317 e. The average molecular weight is 284 g/mol. The van der Waals surface area contributed by atoms with Crippen LogP contribution in [0.3, 0.4) is 0 Å². The predicted molar refractivity (Wildman–Crippen MR) is 78.6 cm³/mol. The molecule has 0 atom stereocenters. The van der Waals surface area contributed by atoms with Crippen LogP contribution in [0.15, 0.2) is 0 Å². The number of hydrogen-bond donors (Lipinski definition) is 2. The number of urea groups is 1. The van der Waals surface area contributed by atoms with Gasteiger partial charge in [0.2, 0.25) is 0 Å². The Morgan fingerprint density at radius 2 is 1.80 bits per heavy atom. The minimum Gasteiger partial charge on any atom is -0.481 e. The molecule has 0 aliphatic heterocycles. The summed E-state index contributed by atoms with van der Waals surface area (Å²) in [5.74, 6) is -0.228. The summed E-state index contributed by atoms with van der Waals surface area (Å²) in [7, 11) is 1.79. The van der Waals surface area contributed by atoms with E-state index in [1.165, 1.54) is 25.7 Å². The Labute approximate surface area is 121 Å². The van der Waals surface area contributed by atoms with E-state index in [0.717, 1.165) is 6.54 Å². The average Bonchev–Trinajstić information content (AvgIpc) is 2.92. The van der Waals surface area contributed by atoms with Gasteiger partial charge in [0.25, 0.3) is 0 Å². The Hall–Kier alpha value is -1.26. The third kappa shape index (κ3) is 4.12. The second-order valence-corrected chi connectivity index (χ2v) is 5.98. The fraction of sp³-hybridized carbons (Fsp3) is 0.867. The van der Waals surface area contributed by atoms with Gasteiger partial charge in [-0.3, -0.25) is 4.79 Å². The predicted octanol–water partition coefficient (Wildman–Crippen LogP) is 2.71. The first-order valence-corrected chi connectivity index (χ1v) is 7.67. The lowest BCUT2D eigenvalue weighted by atomic mass is 9.82. The molecule has 0 bridgehead atoms. The lowest BCUT2D eigenvalue weighted by Gasteiger charge is -2.29. The number of carboxylic acid groups (broad SMARTS) is 1. The van der Waals surface area contributed by atoms with Crippen LogP contribution in [0.2, 0.25) is 0 Å². The van der Waals surface area contributed by atoms with Crippen molar-refractivity contribution in [2.45, 2.75) is 52.4 Å². The van der Waals surface area contributed by atoms with Gasteiger partial charge in [-0.05, 0) is 31.6 Å². The molecule has 0 unspecified atom stereocenters. The van der Waals surface area contributed by atoms with E-state index in [1.54, 1.807) is 11.9 Å². The molecule has 1 rings (SSSR count). The van der Waals surface area contributed by atoms with Crippen molar-refractivity contribution < 1.29 is 14.7 Å². The Morgan fingerprint density at radius 3 is 2.25 bits per heavy atom. The number of rotatable bonds is 7. The monoisotopic (exact) mass is 284 g/mol. The van der Waals surface area contributed by atoms with Crippen molar-refractivity contribution in [1.29, 1.82) is 0 Å². The number of carboxylic acids is 1. The fourth-order valence-electron chi connectivity index (χ4n) is 2.92. The van der Waals surface area contributed by atoms with E-state index in [2.05, 4.69) is 5.32 Å². The quantitative estimate of drug-likeness (QED) is 0.755. The molecule has 0 aromatic heterocycles. The summed E-state index contributed by atoms with van der Waals surface area (Å²) in [4.78, 5) is 25.1. The van der Waals surface area contributed by atoms with Gasteiger partial charge >= 0.3 is 12.0 Å². The number of nitrogens with zero attached hydrogens (tertiary/aromatic N) is 1. The van der Waals surface area contributed by atoms with Crippen molar-refractivity contribution >= 4 is 12.0 Å². The SMILES string of the molecule is CCC(CC)(CNC(=O)N(C)CC1CCCC1)C(=O)O. The second-order valence-electron chi connectivity index (χ2n) is 5.98. The van der Waals surface area contributed by atoms with E-state index < -0.39 is 11.4 Å². The van der Waals surface area contributed by atoms with Crippen LogP contribution < -0.4 is 5.32 Å². The van der Waals surface area contributed by atoms with Crippen LogP contribution in [0, 0.1) is 11.3 Å². The van der Waals surface area contributed by atoms with E-state index in [4.69, 9.17) is 0 Å². The number of amides is 2. The first kappa shape index (κ1) is 16.8. The number of nitrogens with one attached hydrogen (secondary N) is 1. The maximum atomic E-state index is 12.1. The third-order valence-corrected chi connectivity index (χ3v) is 4.74. The zero-order valence-electron chi connectivity index (χ0n) is 12.9. The zero-order chi connectivity index (χ0) is 15.2. The Kier molecular flexibility index (Phi) is 6.30. The highest BCUT2D eigenvalue weighted by atomic mass is 16.4. The lowest BCUT2D eigenvalue weighted by Crippen LogP contribution is -2.47. The van der Waals surface area contributed by atoms with E-state index in [1.807, 2.05) is 13.8 Å². The zero-order valence-corrected chi connectivity index (χ0v) is 12.9. The van der Waals surface area contributed by atoms with Crippen LogP contribution in [-0.2, 0) is 4.79 Å². The van der Waals surface area contributed by atoms with Gasteiger partial charge in [-0.25, -0.2) is 4.79 Å². The van der Waals surface area contributed by atoms with E-state index >= 15 is 0 Å². The summed E-state index contributed by atoms with van der Waals surface area (Å²) in [6.07, 6.45) is 5.94. The van der Waals surface area contributed by atoms with Crippen LogP contribution in [-0.4, -0.2) is 42.1 Å². The molecule has 1 aliphatic rings. The van der Waals surface area contributed by atoms with Crippen LogP contribution in [0.1, 0.15) is 52.4 Å². The minimum absolute atomic E-state index is 0.163. The Balaban J connectivity index is 2.46. The molecule has 1 fully saturated rings. The fourth-order valence-corrected chi connectivity index (χ4v) is 2.92. The molecule has 20 heavy (non-hydrogen) atoms.